The van der Waals surface area contributed by atoms with Gasteiger partial charge in [0, 0.05) is 53.9 Å². The number of H-pyrrole nitrogens is 1. The minimum Gasteiger partial charge on any atom is -0.497 e. The number of rotatable bonds is 5. The van der Waals surface area contributed by atoms with Gasteiger partial charge >= 0.3 is 6.03 Å². The van der Waals surface area contributed by atoms with Crippen LogP contribution in [0.2, 0.25) is 0 Å². The third-order valence-corrected chi connectivity index (χ3v) is 5.69. The van der Waals surface area contributed by atoms with Crippen molar-refractivity contribution in [2.24, 2.45) is 0 Å². The molecule has 0 radical (unpaired) electrons. The van der Waals surface area contributed by atoms with Gasteiger partial charge in [-0.2, -0.15) is 0 Å². The van der Waals surface area contributed by atoms with Crippen LogP contribution in [0.4, 0.5) is 26.2 Å². The number of hydrogen-bond donors (Lipinski definition) is 3. The SMILES string of the molecule is COc1ccc(F)c(NC(=O)Nc2cccc3c2CCN3Cc2c[nH]c3ncccc23)c1. The first-order valence-corrected chi connectivity index (χ1v) is 10.3. The molecule has 4 aromatic rings. The van der Waals surface area contributed by atoms with Gasteiger partial charge in [0.1, 0.15) is 17.2 Å². The summed E-state index contributed by atoms with van der Waals surface area (Å²) in [7, 11) is 1.49. The zero-order valence-corrected chi connectivity index (χ0v) is 17.5. The smallest absolute Gasteiger partial charge is 0.323 e. The number of amides is 2. The molecule has 3 heterocycles. The zero-order chi connectivity index (χ0) is 22.1. The van der Waals surface area contributed by atoms with Crippen molar-refractivity contribution in [1.82, 2.24) is 9.97 Å². The molecule has 0 atom stereocenters. The summed E-state index contributed by atoms with van der Waals surface area (Å²) in [6.45, 7) is 1.58. The molecule has 3 N–H and O–H groups in total. The molecule has 32 heavy (non-hydrogen) atoms. The van der Waals surface area contributed by atoms with Crippen LogP contribution in [0.25, 0.3) is 11.0 Å². The van der Waals surface area contributed by atoms with Gasteiger partial charge in [0.25, 0.3) is 0 Å². The summed E-state index contributed by atoms with van der Waals surface area (Å²) in [4.78, 5) is 22.4. The summed E-state index contributed by atoms with van der Waals surface area (Å²) < 4.78 is 19.2. The maximum Gasteiger partial charge on any atom is 0.323 e. The van der Waals surface area contributed by atoms with Crippen LogP contribution in [0.5, 0.6) is 5.75 Å². The molecule has 0 aliphatic carbocycles. The fourth-order valence-corrected chi connectivity index (χ4v) is 4.13. The summed E-state index contributed by atoms with van der Waals surface area (Å²) in [6.07, 6.45) is 4.57. The summed E-state index contributed by atoms with van der Waals surface area (Å²) in [5.41, 5.74) is 4.96. The van der Waals surface area contributed by atoms with E-state index in [0.29, 0.717) is 11.4 Å². The van der Waals surface area contributed by atoms with Gasteiger partial charge in [-0.3, -0.25) is 0 Å². The van der Waals surface area contributed by atoms with Crippen LogP contribution in [0, 0.1) is 5.82 Å². The molecule has 2 aromatic carbocycles. The number of fused-ring (bicyclic) bond motifs is 2. The third kappa shape index (κ3) is 3.71. The van der Waals surface area contributed by atoms with E-state index in [1.807, 2.05) is 24.4 Å². The van der Waals surface area contributed by atoms with Gasteiger partial charge < -0.3 is 25.3 Å². The first-order valence-electron chi connectivity index (χ1n) is 10.3. The molecular formula is C24H22FN5O2. The number of pyridine rings is 1. The second kappa shape index (κ2) is 8.22. The van der Waals surface area contributed by atoms with E-state index in [1.54, 1.807) is 6.20 Å². The molecule has 0 unspecified atom stereocenters. The highest BCUT2D eigenvalue weighted by atomic mass is 19.1. The Kier molecular flexibility index (Phi) is 5.10. The number of urea groups is 1. The summed E-state index contributed by atoms with van der Waals surface area (Å²) >= 11 is 0. The van der Waals surface area contributed by atoms with Crippen LogP contribution in [0.15, 0.2) is 60.9 Å². The van der Waals surface area contributed by atoms with Crippen LogP contribution < -0.4 is 20.3 Å². The number of hydrogen-bond acceptors (Lipinski definition) is 4. The molecule has 7 nitrogen and oxygen atoms in total. The van der Waals surface area contributed by atoms with Crippen molar-refractivity contribution < 1.29 is 13.9 Å². The Hall–Kier alpha value is -4.07. The lowest BCUT2D eigenvalue weighted by Crippen LogP contribution is -2.21. The maximum absolute atomic E-state index is 14.1. The Bertz CT molecular complexity index is 1300. The van der Waals surface area contributed by atoms with E-state index in [2.05, 4.69) is 37.6 Å². The van der Waals surface area contributed by atoms with E-state index in [4.69, 9.17) is 4.74 Å². The van der Waals surface area contributed by atoms with Gasteiger partial charge in [0.15, 0.2) is 0 Å². The van der Waals surface area contributed by atoms with Crippen LogP contribution in [-0.2, 0) is 13.0 Å². The first-order chi connectivity index (χ1) is 15.6. The fraction of sp³-hybridized carbons (Fsp3) is 0.167. The highest BCUT2D eigenvalue weighted by Gasteiger charge is 2.23. The Morgan fingerprint density at radius 3 is 2.94 bits per heavy atom. The lowest BCUT2D eigenvalue weighted by atomic mass is 10.1. The molecule has 2 amide bonds. The number of nitrogens with zero attached hydrogens (tertiary/aromatic N) is 2. The van der Waals surface area contributed by atoms with E-state index in [9.17, 15) is 9.18 Å². The van der Waals surface area contributed by atoms with Crippen molar-refractivity contribution >= 4 is 34.1 Å². The minimum absolute atomic E-state index is 0.0593. The number of carbonyl (C=O) groups is 1. The normalized spacial score (nSPS) is 12.6. The van der Waals surface area contributed by atoms with Crippen molar-refractivity contribution in [2.45, 2.75) is 13.0 Å². The number of nitrogens with one attached hydrogen (secondary N) is 3. The average molecular weight is 431 g/mol. The molecule has 0 fully saturated rings. The molecule has 0 saturated heterocycles. The molecule has 0 bridgehead atoms. The van der Waals surface area contributed by atoms with E-state index in [-0.39, 0.29) is 5.69 Å². The predicted octanol–water partition coefficient (Wildman–Crippen LogP) is 4.92. The van der Waals surface area contributed by atoms with Crippen molar-refractivity contribution in [3.63, 3.8) is 0 Å². The molecule has 8 heteroatoms. The minimum atomic E-state index is -0.529. The van der Waals surface area contributed by atoms with Crippen LogP contribution in [0.1, 0.15) is 11.1 Å². The average Bonchev–Trinajstić information content (AvgIpc) is 3.41. The zero-order valence-electron chi connectivity index (χ0n) is 17.5. The largest absolute Gasteiger partial charge is 0.497 e. The molecule has 1 aliphatic rings. The number of benzene rings is 2. The molecule has 1 aliphatic heterocycles. The van der Waals surface area contributed by atoms with Crippen molar-refractivity contribution in [1.29, 1.82) is 0 Å². The fourth-order valence-electron chi connectivity index (χ4n) is 4.13. The second-order valence-corrected chi connectivity index (χ2v) is 7.61. The second-order valence-electron chi connectivity index (χ2n) is 7.61. The van der Waals surface area contributed by atoms with Crippen molar-refractivity contribution in [3.8, 4) is 5.75 Å². The van der Waals surface area contributed by atoms with E-state index in [0.717, 1.165) is 41.8 Å². The Labute approximate surface area is 184 Å². The molecule has 0 spiro atoms. The number of carbonyl (C=O) groups excluding carboxylic acids is 1. The summed E-state index contributed by atoms with van der Waals surface area (Å²) in [6, 6.07) is 13.5. The summed E-state index contributed by atoms with van der Waals surface area (Å²) in [5.74, 6) is -0.0657. The number of aromatic nitrogens is 2. The van der Waals surface area contributed by atoms with Crippen molar-refractivity contribution in [3.05, 3.63) is 77.9 Å². The van der Waals surface area contributed by atoms with Crippen LogP contribution >= 0.6 is 0 Å². The standard InChI is InChI=1S/C24H22FN5O2/c1-32-16-7-8-19(25)21(12-16)29-24(31)28-20-5-2-6-22-18(20)9-11-30(22)14-15-13-27-23-17(15)4-3-10-26-23/h2-8,10,12-13H,9,11,14H2,1H3,(H,26,27)(H2,28,29,31). The topological polar surface area (TPSA) is 82.3 Å². The molecule has 2 aromatic heterocycles. The van der Waals surface area contributed by atoms with Crippen molar-refractivity contribution in [2.75, 3.05) is 29.2 Å². The van der Waals surface area contributed by atoms with Gasteiger partial charge in [0.05, 0.1) is 12.8 Å². The van der Waals surface area contributed by atoms with Crippen LogP contribution in [0.3, 0.4) is 0 Å². The van der Waals surface area contributed by atoms with Gasteiger partial charge in [-0.1, -0.05) is 6.07 Å². The van der Waals surface area contributed by atoms with Gasteiger partial charge in [-0.25, -0.2) is 14.2 Å². The highest BCUT2D eigenvalue weighted by Crippen LogP contribution is 2.35. The quantitative estimate of drug-likeness (QED) is 0.419. The number of anilines is 3. The first kappa shape index (κ1) is 19.9. The Balaban J connectivity index is 1.33. The Morgan fingerprint density at radius 1 is 1.19 bits per heavy atom. The maximum atomic E-state index is 14.1. The molecular weight excluding hydrogens is 409 g/mol. The van der Waals surface area contributed by atoms with Crippen LogP contribution in [-0.4, -0.2) is 29.7 Å². The monoisotopic (exact) mass is 431 g/mol. The molecule has 0 saturated carbocycles. The lowest BCUT2D eigenvalue weighted by molar-refractivity contribution is 0.262. The number of aromatic amines is 1. The predicted molar refractivity (Wildman–Crippen MR) is 123 cm³/mol. The highest BCUT2D eigenvalue weighted by molar-refractivity contribution is 6.01. The molecule has 5 rings (SSSR count). The van der Waals surface area contributed by atoms with E-state index >= 15 is 0 Å². The Morgan fingerprint density at radius 2 is 2.06 bits per heavy atom. The van der Waals surface area contributed by atoms with E-state index < -0.39 is 11.8 Å². The van der Waals surface area contributed by atoms with E-state index in [1.165, 1.54) is 30.9 Å². The van der Waals surface area contributed by atoms with Gasteiger partial charge in [-0.05, 0) is 48.4 Å². The third-order valence-electron chi connectivity index (χ3n) is 5.69. The number of methoxy groups -OCH3 is 1. The van der Waals surface area contributed by atoms with Gasteiger partial charge in [0.2, 0.25) is 0 Å². The number of halogens is 1. The molecule has 162 valence electrons. The number of ether oxygens (including phenoxy) is 1. The lowest BCUT2D eigenvalue weighted by Gasteiger charge is -2.19. The summed E-state index contributed by atoms with van der Waals surface area (Å²) in [5, 5.41) is 6.53. The van der Waals surface area contributed by atoms with Gasteiger partial charge in [-0.15, -0.1) is 0 Å².